The first-order chi connectivity index (χ1) is 14.9. The predicted octanol–water partition coefficient (Wildman–Crippen LogP) is 2.92. The molecule has 0 saturated heterocycles. The van der Waals surface area contributed by atoms with Gasteiger partial charge in [-0.1, -0.05) is 53.5 Å². The van der Waals surface area contributed by atoms with E-state index in [1.165, 1.54) is 11.5 Å². The third kappa shape index (κ3) is 7.00. The number of unbranched alkanes of at least 4 members (excludes halogenated alkanes) is 1. The minimum atomic E-state index is -1.10. The quantitative estimate of drug-likeness (QED) is 0.196. The Kier molecular flexibility index (Phi) is 9.87. The molecule has 0 radical (unpaired) electrons. The molecular weight excluding hydrogens is 445 g/mol. The van der Waals surface area contributed by atoms with E-state index in [0.29, 0.717) is 6.61 Å². The number of carbonyl (C=O) groups excluding carboxylic acids is 2. The van der Waals surface area contributed by atoms with E-state index in [2.05, 4.69) is 10.6 Å². The Morgan fingerprint density at radius 2 is 1.87 bits per heavy atom. The first-order valence-corrected chi connectivity index (χ1v) is 10.4. The van der Waals surface area contributed by atoms with Gasteiger partial charge >= 0.3 is 0 Å². The number of nitrogens with one attached hydrogen (secondary N) is 3. The number of ether oxygens (including phenoxy) is 1. The van der Waals surface area contributed by atoms with Crippen LogP contribution >= 0.6 is 23.2 Å². The van der Waals surface area contributed by atoms with E-state index in [9.17, 15) is 14.7 Å². The van der Waals surface area contributed by atoms with Crippen molar-refractivity contribution in [3.05, 3.63) is 57.6 Å². The summed E-state index contributed by atoms with van der Waals surface area (Å²) in [6, 6.07) is 9.06. The van der Waals surface area contributed by atoms with Gasteiger partial charge < -0.3 is 20.5 Å². The van der Waals surface area contributed by atoms with Gasteiger partial charge in [-0.25, -0.2) is 5.48 Å². The Bertz CT molecular complexity index is 896. The van der Waals surface area contributed by atoms with Gasteiger partial charge in [-0.2, -0.15) is 0 Å². The summed E-state index contributed by atoms with van der Waals surface area (Å²) in [5, 5.41) is 24.8. The van der Waals surface area contributed by atoms with Gasteiger partial charge in [0, 0.05) is 6.42 Å². The molecule has 1 unspecified atom stereocenters. The lowest BCUT2D eigenvalue weighted by Gasteiger charge is -2.18. The lowest BCUT2D eigenvalue weighted by atomic mass is 10.0. The molecule has 31 heavy (non-hydrogen) atoms. The number of benzene rings is 2. The van der Waals surface area contributed by atoms with Crippen molar-refractivity contribution in [2.45, 2.75) is 25.3 Å². The van der Waals surface area contributed by atoms with Crippen LogP contribution in [0.3, 0.4) is 0 Å². The average molecular weight is 470 g/mol. The Morgan fingerprint density at radius 1 is 1.16 bits per heavy atom. The van der Waals surface area contributed by atoms with Crippen molar-refractivity contribution in [1.82, 2.24) is 16.1 Å². The highest BCUT2D eigenvalue weighted by atomic mass is 35.5. The molecular formula is C21H25Cl2N3O5. The molecule has 0 heterocycles. The Labute approximate surface area is 190 Å². The van der Waals surface area contributed by atoms with Crippen molar-refractivity contribution in [1.29, 1.82) is 0 Å². The van der Waals surface area contributed by atoms with E-state index in [1.54, 1.807) is 24.3 Å². The molecule has 10 heteroatoms. The number of hydrogen-bond donors (Lipinski definition) is 5. The monoisotopic (exact) mass is 469 g/mol. The summed E-state index contributed by atoms with van der Waals surface area (Å²) < 4.78 is 5.56. The lowest BCUT2D eigenvalue weighted by molar-refractivity contribution is -0.131. The van der Waals surface area contributed by atoms with Gasteiger partial charge in [-0.3, -0.25) is 14.8 Å². The molecule has 0 aliphatic heterocycles. The van der Waals surface area contributed by atoms with Gasteiger partial charge in [0.05, 0.1) is 17.2 Å². The molecule has 0 saturated carbocycles. The molecule has 0 fully saturated rings. The topological polar surface area (TPSA) is 120 Å². The van der Waals surface area contributed by atoms with Crippen LogP contribution in [-0.4, -0.2) is 48.4 Å². The van der Waals surface area contributed by atoms with Crippen LogP contribution in [0.4, 0.5) is 0 Å². The average Bonchev–Trinajstić information content (AvgIpc) is 2.77. The maximum atomic E-state index is 12.7. The largest absolute Gasteiger partial charge is 0.505 e. The van der Waals surface area contributed by atoms with Crippen LogP contribution in [0, 0.1) is 0 Å². The highest BCUT2D eigenvalue weighted by Crippen LogP contribution is 2.42. The number of amides is 2. The first kappa shape index (κ1) is 24.7. The lowest BCUT2D eigenvalue weighted by Crippen LogP contribution is -2.47. The third-order valence-electron chi connectivity index (χ3n) is 4.48. The molecule has 0 aliphatic carbocycles. The Hall–Kier alpha value is -2.52. The second-order valence-corrected chi connectivity index (χ2v) is 7.53. The summed E-state index contributed by atoms with van der Waals surface area (Å²) >= 11 is 12.4. The van der Waals surface area contributed by atoms with Gasteiger partial charge in [-0.05, 0) is 38.1 Å². The third-order valence-corrected chi connectivity index (χ3v) is 5.11. The molecule has 2 aromatic rings. The zero-order valence-corrected chi connectivity index (χ0v) is 18.5. The standard InChI is InChI=1S/C21H25Cl2N3O5/c1-24-9-5-6-10-31-19-15(22)12-14(18(27)17(19)23)20(28)25-16(21(29)26-30)11-13-7-3-2-4-8-13/h2-4,7-8,12,16,24,27,30H,5-6,9-11H2,1H3,(H,25,28)(H,26,29). The van der Waals surface area contributed by atoms with Gasteiger partial charge in [0.15, 0.2) is 11.5 Å². The van der Waals surface area contributed by atoms with Crippen molar-refractivity contribution in [3.8, 4) is 11.5 Å². The number of phenols is 1. The zero-order chi connectivity index (χ0) is 22.8. The molecule has 0 spiro atoms. The molecule has 5 N–H and O–H groups in total. The van der Waals surface area contributed by atoms with Crippen LogP contribution in [0.1, 0.15) is 28.8 Å². The summed E-state index contributed by atoms with van der Waals surface area (Å²) in [6.45, 7) is 1.17. The van der Waals surface area contributed by atoms with Crippen molar-refractivity contribution in [3.63, 3.8) is 0 Å². The summed E-state index contributed by atoms with van der Waals surface area (Å²) in [5.74, 6) is -2.03. The fraction of sp³-hybridized carbons (Fsp3) is 0.333. The van der Waals surface area contributed by atoms with E-state index in [4.69, 9.17) is 33.1 Å². The van der Waals surface area contributed by atoms with Crippen LogP contribution < -0.4 is 20.9 Å². The number of hydroxylamine groups is 1. The van der Waals surface area contributed by atoms with E-state index >= 15 is 0 Å². The van der Waals surface area contributed by atoms with Crippen LogP contribution in [0.25, 0.3) is 0 Å². The number of hydrogen-bond acceptors (Lipinski definition) is 6. The van der Waals surface area contributed by atoms with E-state index in [0.717, 1.165) is 24.9 Å². The fourth-order valence-electron chi connectivity index (χ4n) is 2.85. The molecule has 1 atom stereocenters. The van der Waals surface area contributed by atoms with Gasteiger partial charge in [0.25, 0.3) is 11.8 Å². The SMILES string of the molecule is CNCCCCOc1c(Cl)cc(C(=O)NC(Cc2ccccc2)C(=O)NO)c(O)c1Cl. The van der Waals surface area contributed by atoms with Gasteiger partial charge in [0.2, 0.25) is 0 Å². The highest BCUT2D eigenvalue weighted by Gasteiger charge is 2.26. The first-order valence-electron chi connectivity index (χ1n) is 9.66. The number of rotatable bonds is 11. The molecule has 168 valence electrons. The maximum Gasteiger partial charge on any atom is 0.266 e. The summed E-state index contributed by atoms with van der Waals surface area (Å²) in [7, 11) is 1.85. The van der Waals surface area contributed by atoms with Gasteiger partial charge in [0.1, 0.15) is 11.1 Å². The molecule has 2 aromatic carbocycles. The van der Waals surface area contributed by atoms with Crippen molar-refractivity contribution < 1.29 is 24.6 Å². The molecule has 2 amide bonds. The Morgan fingerprint density at radius 3 is 2.52 bits per heavy atom. The predicted molar refractivity (Wildman–Crippen MR) is 118 cm³/mol. The normalized spacial score (nSPS) is 11.6. The number of halogens is 2. The molecule has 0 aromatic heterocycles. The van der Waals surface area contributed by atoms with Crippen LogP contribution in [0.15, 0.2) is 36.4 Å². The van der Waals surface area contributed by atoms with Crippen LogP contribution in [0.2, 0.25) is 10.0 Å². The minimum Gasteiger partial charge on any atom is -0.505 e. The van der Waals surface area contributed by atoms with Crippen molar-refractivity contribution >= 4 is 35.0 Å². The second kappa shape index (κ2) is 12.4. The molecule has 0 bridgehead atoms. The molecule has 2 rings (SSSR count). The van der Waals surface area contributed by atoms with E-state index in [-0.39, 0.29) is 27.8 Å². The van der Waals surface area contributed by atoms with Crippen molar-refractivity contribution in [2.75, 3.05) is 20.2 Å². The van der Waals surface area contributed by atoms with Crippen LogP contribution in [-0.2, 0) is 11.2 Å². The van der Waals surface area contributed by atoms with E-state index in [1.807, 2.05) is 13.1 Å². The molecule has 0 aliphatic rings. The Balaban J connectivity index is 2.16. The fourth-order valence-corrected chi connectivity index (χ4v) is 3.41. The number of aromatic hydroxyl groups is 1. The van der Waals surface area contributed by atoms with E-state index < -0.39 is 23.6 Å². The summed E-state index contributed by atoms with van der Waals surface area (Å²) in [5.41, 5.74) is 2.08. The number of phenolic OH excluding ortho intramolecular Hbond substituents is 1. The maximum absolute atomic E-state index is 12.7. The zero-order valence-electron chi connectivity index (χ0n) is 17.0. The minimum absolute atomic E-state index is 0.0489. The summed E-state index contributed by atoms with van der Waals surface area (Å²) in [6.07, 6.45) is 1.75. The van der Waals surface area contributed by atoms with Crippen LogP contribution in [0.5, 0.6) is 11.5 Å². The van der Waals surface area contributed by atoms with Crippen molar-refractivity contribution in [2.24, 2.45) is 0 Å². The molecule has 8 nitrogen and oxygen atoms in total. The summed E-state index contributed by atoms with van der Waals surface area (Å²) in [4.78, 5) is 24.8. The number of carbonyl (C=O) groups is 2. The second-order valence-electron chi connectivity index (χ2n) is 6.75. The highest BCUT2D eigenvalue weighted by molar-refractivity contribution is 6.39. The smallest absolute Gasteiger partial charge is 0.266 e. The van der Waals surface area contributed by atoms with Gasteiger partial charge in [-0.15, -0.1) is 0 Å².